The summed E-state index contributed by atoms with van der Waals surface area (Å²) in [6.07, 6.45) is 7.78. The Balaban J connectivity index is 1.46. The minimum absolute atomic E-state index is 0.148. The summed E-state index contributed by atoms with van der Waals surface area (Å²) in [6.45, 7) is 5.11. The van der Waals surface area contributed by atoms with Crippen molar-refractivity contribution < 1.29 is 4.79 Å². The third-order valence-corrected chi connectivity index (χ3v) is 7.61. The van der Waals surface area contributed by atoms with Crippen molar-refractivity contribution in [1.82, 2.24) is 19.7 Å². The smallest absolute Gasteiger partial charge is 0.222 e. The predicted molar refractivity (Wildman–Crippen MR) is 101 cm³/mol. The van der Waals surface area contributed by atoms with E-state index in [1.54, 1.807) is 0 Å². The monoisotopic (exact) mass is 362 g/mol. The molecule has 1 amide bonds. The van der Waals surface area contributed by atoms with Gasteiger partial charge in [0.05, 0.1) is 12.2 Å². The molecule has 1 spiro atoms. The molecular weight excluding hydrogens is 332 g/mol. The molecule has 3 aliphatic rings. The fourth-order valence-electron chi connectivity index (χ4n) is 4.64. The van der Waals surface area contributed by atoms with E-state index < -0.39 is 0 Å². The number of aryl methyl sites for hydroxylation is 2. The third-order valence-electron chi connectivity index (χ3n) is 6.47. The number of likely N-dealkylation sites (tertiary alicyclic amines) is 1. The first-order valence-electron chi connectivity index (χ1n) is 9.71. The highest BCUT2D eigenvalue weighted by atomic mass is 32.1. The zero-order valence-corrected chi connectivity index (χ0v) is 16.4. The number of carbonyl (C=O) groups is 1. The van der Waals surface area contributed by atoms with E-state index in [1.807, 2.05) is 23.3 Å². The van der Waals surface area contributed by atoms with Crippen LogP contribution in [-0.4, -0.2) is 71.4 Å². The maximum Gasteiger partial charge on any atom is 0.222 e. The molecule has 0 N–H and O–H groups in total. The summed E-state index contributed by atoms with van der Waals surface area (Å²) in [5.74, 6) is 0.301. The number of thiazole rings is 1. The van der Waals surface area contributed by atoms with Crippen LogP contribution >= 0.6 is 11.3 Å². The van der Waals surface area contributed by atoms with Gasteiger partial charge in [-0.15, -0.1) is 11.3 Å². The first kappa shape index (κ1) is 17.4. The first-order valence-corrected chi connectivity index (χ1v) is 10.5. The van der Waals surface area contributed by atoms with Crippen LogP contribution in [0.2, 0.25) is 0 Å². The number of carbonyl (C=O) groups excluding carboxylic acids is 1. The van der Waals surface area contributed by atoms with Gasteiger partial charge in [0.1, 0.15) is 5.01 Å². The molecule has 25 heavy (non-hydrogen) atoms. The Labute approximate surface area is 155 Å². The van der Waals surface area contributed by atoms with E-state index in [-0.39, 0.29) is 5.54 Å². The lowest BCUT2D eigenvalue weighted by Crippen LogP contribution is -2.60. The Hall–Kier alpha value is -0.980. The van der Waals surface area contributed by atoms with Gasteiger partial charge >= 0.3 is 0 Å². The molecule has 1 unspecified atom stereocenters. The molecule has 2 fully saturated rings. The average Bonchev–Trinajstić information content (AvgIpc) is 2.96. The molecular formula is C19H30N4OS. The second-order valence-corrected chi connectivity index (χ2v) is 9.27. The Kier molecular flexibility index (Phi) is 4.86. The number of aromatic nitrogens is 1. The second kappa shape index (κ2) is 6.97. The summed E-state index contributed by atoms with van der Waals surface area (Å²) in [4.78, 5) is 25.6. The molecule has 3 heterocycles. The van der Waals surface area contributed by atoms with Crippen molar-refractivity contribution in [3.05, 3.63) is 15.6 Å². The van der Waals surface area contributed by atoms with Gasteiger partial charge in [0.2, 0.25) is 5.91 Å². The van der Waals surface area contributed by atoms with Gasteiger partial charge in [-0.25, -0.2) is 4.98 Å². The Morgan fingerprint density at radius 1 is 1.08 bits per heavy atom. The van der Waals surface area contributed by atoms with Gasteiger partial charge in [0, 0.05) is 50.1 Å². The molecule has 0 radical (unpaired) electrons. The Bertz CT molecular complexity index is 622. The number of nitrogens with zero attached hydrogens (tertiary/aromatic N) is 4. The first-order chi connectivity index (χ1) is 12.1. The highest BCUT2D eigenvalue weighted by Gasteiger charge is 2.41. The van der Waals surface area contributed by atoms with E-state index in [1.165, 1.54) is 41.3 Å². The van der Waals surface area contributed by atoms with Crippen LogP contribution in [0, 0.1) is 0 Å². The van der Waals surface area contributed by atoms with Gasteiger partial charge in [0.25, 0.3) is 0 Å². The minimum atomic E-state index is 0.148. The quantitative estimate of drug-likeness (QED) is 0.808. The van der Waals surface area contributed by atoms with Crippen molar-refractivity contribution >= 4 is 17.2 Å². The third kappa shape index (κ3) is 3.49. The summed E-state index contributed by atoms with van der Waals surface area (Å²) in [6, 6.07) is 0. The molecule has 1 aliphatic carbocycles. The zero-order valence-electron chi connectivity index (χ0n) is 15.6. The maximum absolute atomic E-state index is 12.1. The van der Waals surface area contributed by atoms with E-state index in [2.05, 4.69) is 16.8 Å². The average molecular weight is 363 g/mol. The molecule has 2 aliphatic heterocycles. The number of hydrogen-bond acceptors (Lipinski definition) is 5. The van der Waals surface area contributed by atoms with Gasteiger partial charge in [0.15, 0.2) is 0 Å². The van der Waals surface area contributed by atoms with Crippen LogP contribution in [0.3, 0.4) is 0 Å². The van der Waals surface area contributed by atoms with E-state index >= 15 is 0 Å². The van der Waals surface area contributed by atoms with Gasteiger partial charge in [-0.1, -0.05) is 0 Å². The van der Waals surface area contributed by atoms with Crippen molar-refractivity contribution in [3.63, 3.8) is 0 Å². The van der Waals surface area contributed by atoms with Crippen LogP contribution in [0.1, 0.15) is 47.7 Å². The molecule has 138 valence electrons. The molecule has 6 heteroatoms. The molecule has 1 aromatic rings. The largest absolute Gasteiger partial charge is 0.346 e. The minimum Gasteiger partial charge on any atom is -0.346 e. The Morgan fingerprint density at radius 2 is 1.92 bits per heavy atom. The maximum atomic E-state index is 12.1. The summed E-state index contributed by atoms with van der Waals surface area (Å²) in [7, 11) is 4.19. The molecule has 2 saturated heterocycles. The van der Waals surface area contributed by atoms with Gasteiger partial charge < -0.3 is 4.90 Å². The van der Waals surface area contributed by atoms with E-state index in [9.17, 15) is 4.79 Å². The van der Waals surface area contributed by atoms with Gasteiger partial charge in [-0.3, -0.25) is 14.6 Å². The van der Waals surface area contributed by atoms with Crippen molar-refractivity contribution in [3.8, 4) is 0 Å². The summed E-state index contributed by atoms with van der Waals surface area (Å²) in [5.41, 5.74) is 1.52. The van der Waals surface area contributed by atoms with Crippen LogP contribution in [0.25, 0.3) is 0 Å². The van der Waals surface area contributed by atoms with Crippen LogP contribution in [0.4, 0.5) is 0 Å². The summed E-state index contributed by atoms with van der Waals surface area (Å²) < 4.78 is 0. The summed E-state index contributed by atoms with van der Waals surface area (Å²) >= 11 is 1.94. The van der Waals surface area contributed by atoms with Gasteiger partial charge in [-0.2, -0.15) is 0 Å². The topological polar surface area (TPSA) is 39.7 Å². The zero-order chi connectivity index (χ0) is 17.4. The lowest BCUT2D eigenvalue weighted by atomic mass is 9.86. The number of likely N-dealkylation sites (N-methyl/N-ethyl adjacent to an activating group) is 1. The SMILES string of the molecule is CN1CCC2(CCC1=O)CN(Cc1nc3c(s1)CCCC3)CCN2C. The molecule has 0 saturated carbocycles. The molecule has 0 aromatic carbocycles. The van der Waals surface area contributed by atoms with Crippen LogP contribution in [0.5, 0.6) is 0 Å². The van der Waals surface area contributed by atoms with Crippen molar-refractivity contribution in [2.45, 2.75) is 57.0 Å². The standard InChI is InChI=1S/C19H30N4OS/c1-21-10-9-19(8-7-18(21)24)14-23(12-11-22(19)2)13-17-20-15-5-3-4-6-16(15)25-17/h3-14H2,1-2H3. The normalized spacial score (nSPS) is 29.0. The summed E-state index contributed by atoms with van der Waals surface area (Å²) in [5, 5.41) is 1.30. The van der Waals surface area contributed by atoms with Crippen molar-refractivity contribution in [1.29, 1.82) is 0 Å². The molecule has 4 rings (SSSR count). The second-order valence-electron chi connectivity index (χ2n) is 8.11. The molecule has 0 bridgehead atoms. The van der Waals surface area contributed by atoms with Crippen LogP contribution in [-0.2, 0) is 24.2 Å². The fourth-order valence-corrected chi connectivity index (χ4v) is 5.84. The fraction of sp³-hybridized carbons (Fsp3) is 0.789. The molecule has 1 aromatic heterocycles. The van der Waals surface area contributed by atoms with Crippen LogP contribution < -0.4 is 0 Å². The van der Waals surface area contributed by atoms with Crippen LogP contribution in [0.15, 0.2) is 0 Å². The highest BCUT2D eigenvalue weighted by Crippen LogP contribution is 2.33. The molecule has 5 nitrogen and oxygen atoms in total. The highest BCUT2D eigenvalue weighted by molar-refractivity contribution is 7.11. The number of hydrogen-bond donors (Lipinski definition) is 0. The number of amides is 1. The van der Waals surface area contributed by atoms with E-state index in [0.29, 0.717) is 12.3 Å². The number of rotatable bonds is 2. The molecule has 1 atom stereocenters. The lowest BCUT2D eigenvalue weighted by Gasteiger charge is -2.49. The predicted octanol–water partition coefficient (Wildman–Crippen LogP) is 2.15. The van der Waals surface area contributed by atoms with Crippen molar-refractivity contribution in [2.75, 3.05) is 40.3 Å². The van der Waals surface area contributed by atoms with E-state index in [4.69, 9.17) is 4.98 Å². The number of piperazine rings is 1. The van der Waals surface area contributed by atoms with Crippen molar-refractivity contribution in [2.24, 2.45) is 0 Å². The van der Waals surface area contributed by atoms with Gasteiger partial charge in [-0.05, 0) is 45.6 Å². The lowest BCUT2D eigenvalue weighted by molar-refractivity contribution is -0.129. The van der Waals surface area contributed by atoms with E-state index in [0.717, 1.165) is 45.6 Å². The Morgan fingerprint density at radius 3 is 2.76 bits per heavy atom. The number of fused-ring (bicyclic) bond motifs is 1.